The van der Waals surface area contributed by atoms with Crippen molar-refractivity contribution >= 4 is 55.9 Å². The van der Waals surface area contributed by atoms with Gasteiger partial charge in [-0.3, -0.25) is 20.2 Å². The number of aromatic nitrogens is 1. The summed E-state index contributed by atoms with van der Waals surface area (Å²) in [4.78, 5) is 23.0. The van der Waals surface area contributed by atoms with Gasteiger partial charge in [0.1, 0.15) is 0 Å². The molecule has 1 aromatic heterocycles. The summed E-state index contributed by atoms with van der Waals surface area (Å²) in [6.45, 7) is 0. The SMILES string of the molecule is CN(c1ccc([N+](=O)[O-])cc1)c1ccc2c(c1)c1cc(Nc3ccc([N+](=O)[O-])cc3)ccc1n2C. The highest BCUT2D eigenvalue weighted by molar-refractivity contribution is 6.10. The summed E-state index contributed by atoms with van der Waals surface area (Å²) in [5, 5.41) is 27.3. The third kappa shape index (κ3) is 3.99. The van der Waals surface area contributed by atoms with E-state index in [4.69, 9.17) is 0 Å². The van der Waals surface area contributed by atoms with Gasteiger partial charge in [0.05, 0.1) is 9.85 Å². The smallest absolute Gasteiger partial charge is 0.269 e. The predicted molar refractivity (Wildman–Crippen MR) is 138 cm³/mol. The minimum Gasteiger partial charge on any atom is -0.356 e. The number of nitro groups is 2. The van der Waals surface area contributed by atoms with Crippen molar-refractivity contribution in [1.29, 1.82) is 0 Å². The molecule has 0 bridgehead atoms. The topological polar surface area (TPSA) is 106 Å². The molecular weight excluding hydrogens is 446 g/mol. The Hall–Kier alpha value is -4.92. The van der Waals surface area contributed by atoms with Crippen molar-refractivity contribution in [3.63, 3.8) is 0 Å². The Balaban J connectivity index is 1.51. The lowest BCUT2D eigenvalue weighted by Gasteiger charge is -2.19. The number of rotatable bonds is 6. The van der Waals surface area contributed by atoms with Gasteiger partial charge in [-0.15, -0.1) is 0 Å². The van der Waals surface area contributed by atoms with Crippen LogP contribution >= 0.6 is 0 Å². The van der Waals surface area contributed by atoms with Crippen LogP contribution < -0.4 is 10.2 Å². The van der Waals surface area contributed by atoms with Crippen LogP contribution in [-0.2, 0) is 7.05 Å². The quantitative estimate of drug-likeness (QED) is 0.221. The first-order valence-electron chi connectivity index (χ1n) is 10.8. The zero-order chi connectivity index (χ0) is 24.7. The molecule has 9 heteroatoms. The van der Waals surface area contributed by atoms with Crippen molar-refractivity contribution < 1.29 is 9.85 Å². The molecule has 0 saturated carbocycles. The molecule has 5 aromatic rings. The third-order valence-electron chi connectivity index (χ3n) is 6.19. The predicted octanol–water partition coefficient (Wildman–Crippen LogP) is 6.66. The summed E-state index contributed by atoms with van der Waals surface area (Å²) < 4.78 is 2.13. The van der Waals surface area contributed by atoms with Gasteiger partial charge in [0.2, 0.25) is 0 Å². The molecule has 35 heavy (non-hydrogen) atoms. The van der Waals surface area contributed by atoms with Gasteiger partial charge in [-0.05, 0) is 60.7 Å². The van der Waals surface area contributed by atoms with Gasteiger partial charge in [0, 0.05) is 82.9 Å². The summed E-state index contributed by atoms with van der Waals surface area (Å²) in [5.74, 6) is 0. The van der Waals surface area contributed by atoms with Crippen LogP contribution in [0.2, 0.25) is 0 Å². The number of nitrogens with one attached hydrogen (secondary N) is 1. The normalized spacial score (nSPS) is 11.0. The highest BCUT2D eigenvalue weighted by Gasteiger charge is 2.13. The standard InChI is InChI=1S/C26H21N5O4/c1-28(19-8-10-21(11-9-19)31(34)35)22-12-14-26-24(16-22)23-15-18(5-13-25(23)29(26)2)27-17-3-6-20(7-4-17)30(32)33/h3-16,27H,1-2H3. The van der Waals surface area contributed by atoms with Gasteiger partial charge in [-0.25, -0.2) is 0 Å². The first-order valence-corrected chi connectivity index (χ1v) is 10.8. The molecule has 174 valence electrons. The number of fused-ring (bicyclic) bond motifs is 3. The largest absolute Gasteiger partial charge is 0.356 e. The van der Waals surface area contributed by atoms with Crippen LogP contribution in [0.3, 0.4) is 0 Å². The number of hydrogen-bond donors (Lipinski definition) is 1. The second-order valence-electron chi connectivity index (χ2n) is 8.25. The van der Waals surface area contributed by atoms with Crippen molar-refractivity contribution in [3.05, 3.63) is 105 Å². The van der Waals surface area contributed by atoms with E-state index in [-0.39, 0.29) is 11.4 Å². The van der Waals surface area contributed by atoms with Gasteiger partial charge in [-0.1, -0.05) is 0 Å². The zero-order valence-electron chi connectivity index (χ0n) is 19.0. The fraction of sp³-hybridized carbons (Fsp3) is 0.0769. The average Bonchev–Trinajstić information content (AvgIpc) is 3.14. The summed E-state index contributed by atoms with van der Waals surface area (Å²) in [6, 6.07) is 25.1. The van der Waals surface area contributed by atoms with E-state index in [1.165, 1.54) is 24.3 Å². The van der Waals surface area contributed by atoms with Crippen LogP contribution in [0.25, 0.3) is 21.8 Å². The van der Waals surface area contributed by atoms with Crippen molar-refractivity contribution in [3.8, 4) is 0 Å². The average molecular weight is 467 g/mol. The molecule has 0 unspecified atom stereocenters. The maximum absolute atomic E-state index is 11.0. The van der Waals surface area contributed by atoms with Gasteiger partial charge in [0.15, 0.2) is 0 Å². The van der Waals surface area contributed by atoms with E-state index in [1.54, 1.807) is 24.3 Å². The number of hydrogen-bond acceptors (Lipinski definition) is 6. The number of non-ortho nitro benzene ring substituents is 2. The summed E-state index contributed by atoms with van der Waals surface area (Å²) in [7, 11) is 3.95. The fourth-order valence-corrected chi connectivity index (χ4v) is 4.27. The van der Waals surface area contributed by atoms with E-state index in [1.807, 2.05) is 37.2 Å². The monoisotopic (exact) mass is 467 g/mol. The van der Waals surface area contributed by atoms with Crippen molar-refractivity contribution in [2.75, 3.05) is 17.3 Å². The summed E-state index contributed by atoms with van der Waals surface area (Å²) in [6.07, 6.45) is 0. The molecule has 0 saturated heterocycles. The molecule has 0 fully saturated rings. The molecule has 1 N–H and O–H groups in total. The Morgan fingerprint density at radius 2 is 1.17 bits per heavy atom. The Morgan fingerprint density at radius 1 is 0.686 bits per heavy atom. The van der Waals surface area contributed by atoms with Crippen LogP contribution in [0.1, 0.15) is 0 Å². The second kappa shape index (κ2) is 8.45. The molecule has 0 amide bonds. The van der Waals surface area contributed by atoms with E-state index in [9.17, 15) is 20.2 Å². The minimum atomic E-state index is -0.419. The fourth-order valence-electron chi connectivity index (χ4n) is 4.27. The van der Waals surface area contributed by atoms with Gasteiger partial charge in [-0.2, -0.15) is 0 Å². The molecule has 0 atom stereocenters. The first-order chi connectivity index (χ1) is 16.8. The molecule has 0 aliphatic rings. The Bertz CT molecular complexity index is 1590. The van der Waals surface area contributed by atoms with Gasteiger partial charge < -0.3 is 14.8 Å². The highest BCUT2D eigenvalue weighted by Crippen LogP contribution is 2.35. The molecule has 1 heterocycles. The molecule has 9 nitrogen and oxygen atoms in total. The molecule has 0 aliphatic heterocycles. The van der Waals surface area contributed by atoms with E-state index in [2.05, 4.69) is 28.1 Å². The number of aryl methyl sites for hydroxylation is 1. The van der Waals surface area contributed by atoms with E-state index < -0.39 is 9.85 Å². The van der Waals surface area contributed by atoms with E-state index >= 15 is 0 Å². The number of nitrogens with zero attached hydrogens (tertiary/aromatic N) is 4. The Morgan fingerprint density at radius 3 is 1.77 bits per heavy atom. The van der Waals surface area contributed by atoms with E-state index in [0.717, 1.165) is 44.6 Å². The first kappa shape index (κ1) is 21.9. The van der Waals surface area contributed by atoms with Crippen molar-refractivity contribution in [1.82, 2.24) is 4.57 Å². The molecular formula is C26H21N5O4. The molecule has 0 spiro atoms. The second-order valence-corrected chi connectivity index (χ2v) is 8.25. The Labute approximate surface area is 200 Å². The van der Waals surface area contributed by atoms with Crippen LogP contribution in [0, 0.1) is 20.2 Å². The molecule has 5 rings (SSSR count). The van der Waals surface area contributed by atoms with Gasteiger partial charge >= 0.3 is 0 Å². The van der Waals surface area contributed by atoms with Crippen LogP contribution in [-0.4, -0.2) is 21.5 Å². The summed E-state index contributed by atoms with van der Waals surface area (Å²) in [5.41, 5.74) is 5.67. The molecule has 0 aliphatic carbocycles. The van der Waals surface area contributed by atoms with Crippen LogP contribution in [0.4, 0.5) is 34.1 Å². The van der Waals surface area contributed by atoms with E-state index in [0.29, 0.717) is 0 Å². The van der Waals surface area contributed by atoms with Crippen LogP contribution in [0.15, 0.2) is 84.9 Å². The minimum absolute atomic E-state index is 0.0460. The number of anilines is 4. The maximum atomic E-state index is 11.0. The van der Waals surface area contributed by atoms with Crippen molar-refractivity contribution in [2.24, 2.45) is 7.05 Å². The third-order valence-corrected chi connectivity index (χ3v) is 6.19. The molecule has 4 aromatic carbocycles. The van der Waals surface area contributed by atoms with Crippen LogP contribution in [0.5, 0.6) is 0 Å². The summed E-state index contributed by atoms with van der Waals surface area (Å²) >= 11 is 0. The Kier molecular flexibility index (Phi) is 5.29. The molecule has 0 radical (unpaired) electrons. The number of benzene rings is 4. The van der Waals surface area contributed by atoms with Gasteiger partial charge in [0.25, 0.3) is 11.4 Å². The van der Waals surface area contributed by atoms with Crippen molar-refractivity contribution in [2.45, 2.75) is 0 Å². The zero-order valence-corrected chi connectivity index (χ0v) is 19.0. The lowest BCUT2D eigenvalue weighted by atomic mass is 10.1. The lowest BCUT2D eigenvalue weighted by Crippen LogP contribution is -2.09. The number of nitro benzene ring substituents is 2. The maximum Gasteiger partial charge on any atom is 0.269 e. The highest BCUT2D eigenvalue weighted by atomic mass is 16.6. The lowest BCUT2D eigenvalue weighted by molar-refractivity contribution is -0.385.